The van der Waals surface area contributed by atoms with E-state index in [4.69, 9.17) is 9.47 Å². The molecule has 2 aromatic carbocycles. The normalized spacial score (nSPS) is 15.5. The topological polar surface area (TPSA) is 144 Å². The monoisotopic (exact) mass is 672 g/mol. The molecule has 1 aliphatic heterocycles. The number of nitrogens with one attached hydrogen (secondary N) is 3. The Morgan fingerprint density at radius 2 is 1.87 bits per heavy atom. The average Bonchev–Trinajstić information content (AvgIpc) is 2.95. The van der Waals surface area contributed by atoms with Crippen LogP contribution in [-0.4, -0.2) is 57.2 Å². The van der Waals surface area contributed by atoms with Gasteiger partial charge in [-0.1, -0.05) is 13.8 Å². The van der Waals surface area contributed by atoms with E-state index in [2.05, 4.69) is 30.3 Å². The highest BCUT2D eigenvalue weighted by Crippen LogP contribution is 2.29. The first-order valence-corrected chi connectivity index (χ1v) is 17.5. The van der Waals surface area contributed by atoms with Crippen LogP contribution in [0.5, 0.6) is 5.75 Å². The van der Waals surface area contributed by atoms with E-state index in [1.54, 1.807) is 52.8 Å². The molecule has 47 heavy (non-hydrogen) atoms. The Morgan fingerprint density at radius 1 is 1.11 bits per heavy atom. The van der Waals surface area contributed by atoms with Crippen molar-refractivity contribution in [2.45, 2.75) is 71.3 Å². The molecule has 2 atom stereocenters. The summed E-state index contributed by atoms with van der Waals surface area (Å²) in [5.74, 6) is -1.78. The number of ether oxygens (including phenoxy) is 2. The molecule has 11 nitrogen and oxygen atoms in total. The third-order valence-electron chi connectivity index (χ3n) is 6.93. The SMILES string of the molecule is CC(C)[C@H](NC(=O)OC(C)(C)C)C(=O)N=[S@@](C)(=O)Cc1cc2cc(c1)OCCCCCNc1cc(ccc1F)-c1nc(ncc1F)N2. The minimum absolute atomic E-state index is 0.0175. The predicted octanol–water partition coefficient (Wildman–Crippen LogP) is 6.81. The van der Waals surface area contributed by atoms with Gasteiger partial charge in [0, 0.05) is 30.1 Å². The van der Waals surface area contributed by atoms with Gasteiger partial charge in [0.25, 0.3) is 5.91 Å². The fraction of sp³-hybridized carbons (Fsp3) is 0.455. The van der Waals surface area contributed by atoms with Crippen molar-refractivity contribution >= 4 is 39.1 Å². The number of hydrogen-bond donors (Lipinski definition) is 3. The number of nitrogens with zero attached hydrogens (tertiary/aromatic N) is 3. The van der Waals surface area contributed by atoms with Gasteiger partial charge in [0.15, 0.2) is 5.82 Å². The maximum absolute atomic E-state index is 14.9. The van der Waals surface area contributed by atoms with E-state index < -0.39 is 45.0 Å². The van der Waals surface area contributed by atoms with Crippen LogP contribution in [0.3, 0.4) is 0 Å². The predicted molar refractivity (Wildman–Crippen MR) is 178 cm³/mol. The minimum Gasteiger partial charge on any atom is -0.494 e. The standard InChI is InChI=1S/C33H42F2N6O5S/c1-20(2)28(40-32(43)46-33(3,4)5)30(42)41-47(6,44)19-21-14-23-17-24(15-21)45-13-9-7-8-12-36-27-16-22(10-11-25(27)34)29-26(35)18-37-31(38-23)39-29/h10-11,14-18,20,28,36H,7-9,12-13,19H2,1-6H3,(H,40,43)(H,37,38,39)/t28-,47-/m0/s1. The maximum atomic E-state index is 14.9. The zero-order valence-corrected chi connectivity index (χ0v) is 28.3. The number of carbonyl (C=O) groups is 2. The summed E-state index contributed by atoms with van der Waals surface area (Å²) in [7, 11) is -3.14. The number of rotatable bonds is 5. The number of fused-ring (bicyclic) bond motifs is 7. The first-order chi connectivity index (χ1) is 22.1. The summed E-state index contributed by atoms with van der Waals surface area (Å²) in [4.78, 5) is 34.0. The van der Waals surface area contributed by atoms with Crippen LogP contribution in [0.15, 0.2) is 47.0 Å². The molecular weight excluding hydrogens is 630 g/mol. The number of hydrogen-bond acceptors (Lipinski definition) is 9. The number of carbonyl (C=O) groups excluding carboxylic acids is 2. The van der Waals surface area contributed by atoms with E-state index in [0.29, 0.717) is 35.7 Å². The molecule has 6 bridgehead atoms. The number of anilines is 3. The Hall–Kier alpha value is -4.33. The van der Waals surface area contributed by atoms with Crippen molar-refractivity contribution in [2.24, 2.45) is 10.3 Å². The first-order valence-electron chi connectivity index (χ1n) is 15.4. The van der Waals surface area contributed by atoms with Gasteiger partial charge in [-0.2, -0.15) is 4.36 Å². The summed E-state index contributed by atoms with van der Waals surface area (Å²) in [5.41, 5.74) is 0.851. The molecule has 3 N–H and O–H groups in total. The van der Waals surface area contributed by atoms with Gasteiger partial charge in [-0.05, 0) is 81.8 Å². The molecule has 0 saturated heterocycles. The second-order valence-electron chi connectivity index (χ2n) is 12.8. The molecular formula is C33H42F2N6O5S. The van der Waals surface area contributed by atoms with Gasteiger partial charge in [-0.25, -0.2) is 27.8 Å². The molecule has 0 saturated carbocycles. The Bertz CT molecular complexity index is 1740. The van der Waals surface area contributed by atoms with Crippen LogP contribution < -0.4 is 20.7 Å². The Balaban J connectivity index is 1.64. The van der Waals surface area contributed by atoms with Gasteiger partial charge in [-0.3, -0.25) is 4.79 Å². The summed E-state index contributed by atoms with van der Waals surface area (Å²) >= 11 is 0. The van der Waals surface area contributed by atoms with Crippen LogP contribution in [0.2, 0.25) is 0 Å². The molecule has 0 spiro atoms. The highest BCUT2D eigenvalue weighted by molar-refractivity contribution is 7.92. The second-order valence-corrected chi connectivity index (χ2v) is 15.2. The fourth-order valence-corrected chi connectivity index (χ4v) is 6.16. The van der Waals surface area contributed by atoms with Crippen molar-refractivity contribution in [1.29, 1.82) is 0 Å². The third kappa shape index (κ3) is 10.6. The number of halogens is 2. The molecule has 0 unspecified atom stereocenters. The van der Waals surface area contributed by atoms with Crippen molar-refractivity contribution in [2.75, 3.05) is 30.0 Å². The molecule has 0 fully saturated rings. The molecule has 2 heterocycles. The molecule has 2 amide bonds. The van der Waals surface area contributed by atoms with Crippen LogP contribution in [0.25, 0.3) is 11.3 Å². The molecule has 14 heteroatoms. The van der Waals surface area contributed by atoms with Gasteiger partial charge in [0.05, 0.1) is 34.0 Å². The van der Waals surface area contributed by atoms with Crippen LogP contribution in [0, 0.1) is 17.6 Å². The van der Waals surface area contributed by atoms with Gasteiger partial charge in [0.2, 0.25) is 5.95 Å². The summed E-state index contributed by atoms with van der Waals surface area (Å²) < 4.78 is 58.4. The highest BCUT2D eigenvalue weighted by Gasteiger charge is 2.28. The zero-order valence-electron chi connectivity index (χ0n) is 27.5. The van der Waals surface area contributed by atoms with E-state index in [-0.39, 0.29) is 29.0 Å². The number of alkyl carbamates (subject to hydrolysis) is 1. The summed E-state index contributed by atoms with van der Waals surface area (Å²) in [6.07, 6.45) is 3.90. The lowest BCUT2D eigenvalue weighted by molar-refractivity contribution is -0.120. The van der Waals surface area contributed by atoms with Crippen LogP contribution in [0.4, 0.5) is 30.9 Å². The Morgan fingerprint density at radius 3 is 2.60 bits per heavy atom. The molecule has 0 radical (unpaired) electrons. The van der Waals surface area contributed by atoms with Crippen molar-refractivity contribution in [3.63, 3.8) is 0 Å². The maximum Gasteiger partial charge on any atom is 0.408 e. The first kappa shape index (κ1) is 35.5. The van der Waals surface area contributed by atoms with Crippen molar-refractivity contribution < 1.29 is 32.1 Å². The zero-order chi connectivity index (χ0) is 34.4. The minimum atomic E-state index is -3.14. The third-order valence-corrected chi connectivity index (χ3v) is 8.37. The molecule has 1 aliphatic rings. The Kier molecular flexibility index (Phi) is 11.4. The molecule has 1 aromatic heterocycles. The number of aromatic nitrogens is 2. The second kappa shape index (κ2) is 15.1. The van der Waals surface area contributed by atoms with E-state index in [1.165, 1.54) is 24.5 Å². The van der Waals surface area contributed by atoms with E-state index in [9.17, 15) is 22.6 Å². The molecule has 254 valence electrons. The Labute approximate surface area is 274 Å². The number of benzene rings is 2. The van der Waals surface area contributed by atoms with Gasteiger partial charge in [-0.15, -0.1) is 0 Å². The van der Waals surface area contributed by atoms with Crippen LogP contribution in [0.1, 0.15) is 59.4 Å². The molecule has 3 aromatic rings. The van der Waals surface area contributed by atoms with Crippen molar-refractivity contribution in [3.8, 4) is 17.0 Å². The van der Waals surface area contributed by atoms with Gasteiger partial charge < -0.3 is 25.4 Å². The number of amides is 2. The van der Waals surface area contributed by atoms with E-state index in [0.717, 1.165) is 25.5 Å². The summed E-state index contributed by atoms with van der Waals surface area (Å²) in [6, 6.07) is 8.31. The lowest BCUT2D eigenvalue weighted by atomic mass is 10.0. The fourth-order valence-electron chi connectivity index (χ4n) is 4.82. The lowest BCUT2D eigenvalue weighted by Crippen LogP contribution is -2.46. The highest BCUT2D eigenvalue weighted by atomic mass is 32.2. The lowest BCUT2D eigenvalue weighted by Gasteiger charge is -2.24. The molecule has 4 rings (SSSR count). The summed E-state index contributed by atoms with van der Waals surface area (Å²) in [5, 5.41) is 8.67. The van der Waals surface area contributed by atoms with Crippen molar-refractivity contribution in [1.82, 2.24) is 15.3 Å². The largest absolute Gasteiger partial charge is 0.494 e. The van der Waals surface area contributed by atoms with Gasteiger partial charge >= 0.3 is 6.09 Å². The van der Waals surface area contributed by atoms with Gasteiger partial charge in [0.1, 0.15) is 28.9 Å². The van der Waals surface area contributed by atoms with E-state index in [1.807, 2.05) is 0 Å². The van der Waals surface area contributed by atoms with E-state index >= 15 is 0 Å². The van der Waals surface area contributed by atoms with Crippen molar-refractivity contribution in [3.05, 3.63) is 59.8 Å². The average molecular weight is 673 g/mol. The summed E-state index contributed by atoms with van der Waals surface area (Å²) in [6.45, 7) is 9.51. The smallest absolute Gasteiger partial charge is 0.408 e. The van der Waals surface area contributed by atoms with Crippen LogP contribution >= 0.6 is 0 Å². The quantitative estimate of drug-likeness (QED) is 0.266. The van der Waals surface area contributed by atoms with Crippen LogP contribution in [-0.2, 0) is 25.0 Å². The molecule has 0 aliphatic carbocycles.